The standard InChI is InChI=1S/C21H18O5/c1-14-7-3-6-10-18(14)25-13-20(22)26-19-12-16-9-5-4-8-15(16)11-17(19)21(23)24-2/h3-12H,13H2,1-2H3. The van der Waals surface area contributed by atoms with Gasteiger partial charge in [0.2, 0.25) is 0 Å². The lowest BCUT2D eigenvalue weighted by molar-refractivity contribution is -0.136. The molecule has 0 aromatic heterocycles. The minimum absolute atomic E-state index is 0.147. The number of hydrogen-bond acceptors (Lipinski definition) is 5. The maximum absolute atomic E-state index is 12.2. The molecule has 3 rings (SSSR count). The molecule has 0 N–H and O–H groups in total. The number of esters is 2. The zero-order valence-electron chi connectivity index (χ0n) is 14.5. The Labute approximate surface area is 151 Å². The van der Waals surface area contributed by atoms with Crippen LogP contribution in [0.15, 0.2) is 60.7 Å². The van der Waals surface area contributed by atoms with E-state index in [1.807, 2.05) is 49.4 Å². The average Bonchev–Trinajstić information content (AvgIpc) is 2.66. The van der Waals surface area contributed by atoms with Crippen molar-refractivity contribution in [1.82, 2.24) is 0 Å². The molecule has 26 heavy (non-hydrogen) atoms. The van der Waals surface area contributed by atoms with Crippen molar-refractivity contribution in [2.75, 3.05) is 13.7 Å². The number of hydrogen-bond donors (Lipinski definition) is 0. The fraction of sp³-hybridized carbons (Fsp3) is 0.143. The van der Waals surface area contributed by atoms with Gasteiger partial charge in [-0.1, -0.05) is 42.5 Å². The molecule has 0 heterocycles. The SMILES string of the molecule is COC(=O)c1cc2ccccc2cc1OC(=O)COc1ccccc1C. The first kappa shape index (κ1) is 17.5. The lowest BCUT2D eigenvalue weighted by Crippen LogP contribution is -2.19. The van der Waals surface area contributed by atoms with Crippen molar-refractivity contribution in [3.05, 3.63) is 71.8 Å². The molecule has 0 saturated heterocycles. The fourth-order valence-electron chi connectivity index (χ4n) is 2.58. The molecule has 5 nitrogen and oxygen atoms in total. The molecule has 0 amide bonds. The normalized spacial score (nSPS) is 10.4. The van der Waals surface area contributed by atoms with E-state index < -0.39 is 11.9 Å². The molecule has 0 radical (unpaired) electrons. The smallest absolute Gasteiger partial charge is 0.349 e. The van der Waals surface area contributed by atoms with Crippen LogP contribution in [-0.4, -0.2) is 25.7 Å². The van der Waals surface area contributed by atoms with Crippen LogP contribution in [0, 0.1) is 6.92 Å². The van der Waals surface area contributed by atoms with E-state index in [2.05, 4.69) is 0 Å². The molecule has 3 aromatic rings. The molecular weight excluding hydrogens is 332 g/mol. The third-order valence-electron chi connectivity index (χ3n) is 3.92. The summed E-state index contributed by atoms with van der Waals surface area (Å²) in [6.45, 7) is 1.62. The second kappa shape index (κ2) is 7.70. The van der Waals surface area contributed by atoms with Gasteiger partial charge in [0.25, 0.3) is 0 Å². The van der Waals surface area contributed by atoms with Crippen LogP contribution in [0.1, 0.15) is 15.9 Å². The number of aryl methyl sites for hydroxylation is 1. The molecule has 0 fully saturated rings. The van der Waals surface area contributed by atoms with Crippen molar-refractivity contribution < 1.29 is 23.8 Å². The van der Waals surface area contributed by atoms with Crippen LogP contribution in [-0.2, 0) is 9.53 Å². The van der Waals surface area contributed by atoms with Gasteiger partial charge in [0.05, 0.1) is 7.11 Å². The van der Waals surface area contributed by atoms with Crippen molar-refractivity contribution in [3.63, 3.8) is 0 Å². The van der Waals surface area contributed by atoms with Crippen molar-refractivity contribution in [2.45, 2.75) is 6.92 Å². The second-order valence-corrected chi connectivity index (χ2v) is 5.72. The maximum atomic E-state index is 12.2. The van der Waals surface area contributed by atoms with Crippen LogP contribution in [0.2, 0.25) is 0 Å². The number of benzene rings is 3. The molecule has 0 atom stereocenters. The molecule has 132 valence electrons. The third-order valence-corrected chi connectivity index (χ3v) is 3.92. The first-order valence-electron chi connectivity index (χ1n) is 8.08. The number of carbonyl (C=O) groups is 2. The number of carbonyl (C=O) groups excluding carboxylic acids is 2. The topological polar surface area (TPSA) is 61.8 Å². The highest BCUT2D eigenvalue weighted by Crippen LogP contribution is 2.27. The van der Waals surface area contributed by atoms with E-state index in [9.17, 15) is 9.59 Å². The summed E-state index contributed by atoms with van der Waals surface area (Å²) in [4.78, 5) is 24.2. The molecule has 0 aliphatic heterocycles. The van der Waals surface area contributed by atoms with Crippen LogP contribution in [0.3, 0.4) is 0 Å². The van der Waals surface area contributed by atoms with E-state index in [-0.39, 0.29) is 17.9 Å². The molecule has 0 spiro atoms. The predicted octanol–water partition coefficient (Wildman–Crippen LogP) is 3.92. The molecule has 0 bridgehead atoms. The number of para-hydroxylation sites is 1. The lowest BCUT2D eigenvalue weighted by atomic mass is 10.1. The van der Waals surface area contributed by atoms with Crippen LogP contribution in [0.5, 0.6) is 11.5 Å². The summed E-state index contributed by atoms with van der Waals surface area (Å²) in [7, 11) is 1.28. The third kappa shape index (κ3) is 3.83. The zero-order valence-corrected chi connectivity index (χ0v) is 14.5. The zero-order chi connectivity index (χ0) is 18.5. The highest BCUT2D eigenvalue weighted by atomic mass is 16.6. The van der Waals surface area contributed by atoms with Gasteiger partial charge in [-0.05, 0) is 41.5 Å². The predicted molar refractivity (Wildman–Crippen MR) is 97.6 cm³/mol. The Morgan fingerprint density at radius 1 is 0.885 bits per heavy atom. The number of rotatable bonds is 5. The number of fused-ring (bicyclic) bond motifs is 1. The Kier molecular flexibility index (Phi) is 5.17. The van der Waals surface area contributed by atoms with Crippen molar-refractivity contribution in [2.24, 2.45) is 0 Å². The number of methoxy groups -OCH3 is 1. The highest BCUT2D eigenvalue weighted by molar-refractivity contribution is 5.99. The summed E-state index contributed by atoms with van der Waals surface area (Å²) in [5.74, 6) is -0.419. The van der Waals surface area contributed by atoms with Crippen molar-refractivity contribution in [3.8, 4) is 11.5 Å². The summed E-state index contributed by atoms with van der Waals surface area (Å²) in [6, 6.07) is 18.1. The van der Waals surface area contributed by atoms with Crippen molar-refractivity contribution in [1.29, 1.82) is 0 Å². The van der Waals surface area contributed by atoms with E-state index in [1.54, 1.807) is 18.2 Å². The molecule has 0 aliphatic carbocycles. The first-order valence-corrected chi connectivity index (χ1v) is 8.08. The maximum Gasteiger partial charge on any atom is 0.349 e. The monoisotopic (exact) mass is 350 g/mol. The quantitative estimate of drug-likeness (QED) is 0.515. The number of ether oxygens (including phenoxy) is 3. The van der Waals surface area contributed by atoms with E-state index in [4.69, 9.17) is 14.2 Å². The average molecular weight is 350 g/mol. The summed E-state index contributed by atoms with van der Waals surface area (Å²) in [5, 5.41) is 1.70. The summed E-state index contributed by atoms with van der Waals surface area (Å²) in [6.07, 6.45) is 0. The van der Waals surface area contributed by atoms with Gasteiger partial charge in [0, 0.05) is 0 Å². The largest absolute Gasteiger partial charge is 0.482 e. The minimum Gasteiger partial charge on any atom is -0.482 e. The van der Waals surface area contributed by atoms with Gasteiger partial charge in [-0.15, -0.1) is 0 Å². The fourth-order valence-corrected chi connectivity index (χ4v) is 2.58. The summed E-state index contributed by atoms with van der Waals surface area (Å²) < 4.78 is 15.7. The van der Waals surface area contributed by atoms with Gasteiger partial charge < -0.3 is 14.2 Å². The summed E-state index contributed by atoms with van der Waals surface area (Å²) >= 11 is 0. The van der Waals surface area contributed by atoms with Gasteiger partial charge in [0.15, 0.2) is 6.61 Å². The van der Waals surface area contributed by atoms with E-state index in [0.29, 0.717) is 5.75 Å². The Balaban J connectivity index is 1.81. The van der Waals surface area contributed by atoms with E-state index in [0.717, 1.165) is 16.3 Å². The van der Waals surface area contributed by atoms with Gasteiger partial charge in [-0.3, -0.25) is 0 Å². The van der Waals surface area contributed by atoms with Crippen molar-refractivity contribution >= 4 is 22.7 Å². The van der Waals surface area contributed by atoms with Gasteiger partial charge >= 0.3 is 11.9 Å². The summed E-state index contributed by atoms with van der Waals surface area (Å²) in [5.41, 5.74) is 1.11. The molecule has 0 aliphatic rings. The van der Waals surface area contributed by atoms with Gasteiger partial charge in [-0.2, -0.15) is 0 Å². The van der Waals surface area contributed by atoms with Gasteiger partial charge in [0.1, 0.15) is 17.1 Å². The first-order chi connectivity index (χ1) is 12.6. The Morgan fingerprint density at radius 2 is 1.54 bits per heavy atom. The van der Waals surface area contributed by atoms with Crippen LogP contribution in [0.25, 0.3) is 10.8 Å². The molecule has 5 heteroatoms. The molecule has 0 saturated carbocycles. The van der Waals surface area contributed by atoms with Crippen LogP contribution >= 0.6 is 0 Å². The van der Waals surface area contributed by atoms with Gasteiger partial charge in [-0.25, -0.2) is 9.59 Å². The molecule has 3 aromatic carbocycles. The minimum atomic E-state index is -0.603. The second-order valence-electron chi connectivity index (χ2n) is 5.72. The molecule has 0 unspecified atom stereocenters. The van der Waals surface area contributed by atoms with Crippen LogP contribution in [0.4, 0.5) is 0 Å². The highest BCUT2D eigenvalue weighted by Gasteiger charge is 2.18. The molecular formula is C21H18O5. The van der Waals surface area contributed by atoms with E-state index in [1.165, 1.54) is 7.11 Å². The van der Waals surface area contributed by atoms with E-state index >= 15 is 0 Å². The lowest BCUT2D eigenvalue weighted by Gasteiger charge is -2.12. The van der Waals surface area contributed by atoms with Crippen LogP contribution < -0.4 is 9.47 Å². The Bertz CT molecular complexity index is 962. The Morgan fingerprint density at radius 3 is 2.23 bits per heavy atom. The Hall–Kier alpha value is -3.34.